The van der Waals surface area contributed by atoms with Crippen LogP contribution in [0, 0.1) is 5.92 Å². The number of amides is 2. The lowest BCUT2D eigenvalue weighted by Gasteiger charge is -2.15. The molecule has 7 heteroatoms. The molecule has 1 rings (SSSR count). The number of urea groups is 1. The number of hydrogen-bond donors (Lipinski definition) is 3. The van der Waals surface area contributed by atoms with Gasteiger partial charge in [-0.3, -0.25) is 0 Å². The lowest BCUT2D eigenvalue weighted by molar-refractivity contribution is -0.147. The Morgan fingerprint density at radius 3 is 2.74 bits per heavy atom. The van der Waals surface area contributed by atoms with Gasteiger partial charge in [-0.25, -0.2) is 9.59 Å². The summed E-state index contributed by atoms with van der Waals surface area (Å²) in [6.45, 7) is 5.83. The van der Waals surface area contributed by atoms with Gasteiger partial charge in [-0.05, 0) is 25.4 Å². The van der Waals surface area contributed by atoms with Crippen LogP contribution in [0.5, 0.6) is 0 Å². The van der Waals surface area contributed by atoms with Gasteiger partial charge in [0, 0.05) is 20.2 Å². The van der Waals surface area contributed by atoms with E-state index in [1.807, 2.05) is 0 Å². The van der Waals surface area contributed by atoms with Crippen LogP contribution < -0.4 is 10.6 Å². The zero-order valence-electron chi connectivity index (χ0n) is 11.5. The standard InChI is InChI=1S/C12H23N3O4/c1-3-15-5-4-9(8-15)6-13-12(18)14-7-10(19-2)11(16)17/h9-10H,3-8H2,1-2H3,(H,16,17)(H2,13,14,18). The number of ether oxygens (including phenoxy) is 1. The number of nitrogens with zero attached hydrogens (tertiary/aromatic N) is 1. The Morgan fingerprint density at radius 2 is 2.21 bits per heavy atom. The van der Waals surface area contributed by atoms with Crippen LogP contribution in [-0.2, 0) is 9.53 Å². The van der Waals surface area contributed by atoms with Crippen molar-refractivity contribution < 1.29 is 19.4 Å². The molecule has 1 fully saturated rings. The number of aliphatic carboxylic acids is 1. The predicted molar refractivity (Wildman–Crippen MR) is 70.1 cm³/mol. The van der Waals surface area contributed by atoms with Crippen molar-refractivity contribution in [3.05, 3.63) is 0 Å². The molecule has 2 unspecified atom stereocenters. The molecule has 0 bridgehead atoms. The molecule has 0 aromatic heterocycles. The average molecular weight is 273 g/mol. The van der Waals surface area contributed by atoms with E-state index in [2.05, 4.69) is 22.5 Å². The number of carboxylic acid groups (broad SMARTS) is 1. The molecule has 0 aromatic rings. The second-order valence-electron chi connectivity index (χ2n) is 4.70. The first-order valence-corrected chi connectivity index (χ1v) is 6.56. The number of carbonyl (C=O) groups excluding carboxylic acids is 1. The van der Waals surface area contributed by atoms with Gasteiger partial charge < -0.3 is 25.4 Å². The minimum Gasteiger partial charge on any atom is -0.479 e. The van der Waals surface area contributed by atoms with Gasteiger partial charge in [-0.1, -0.05) is 6.92 Å². The molecular formula is C12H23N3O4. The molecule has 2 atom stereocenters. The lowest BCUT2D eigenvalue weighted by Crippen LogP contribution is -2.44. The largest absolute Gasteiger partial charge is 0.479 e. The third-order valence-corrected chi connectivity index (χ3v) is 3.38. The molecule has 0 spiro atoms. The zero-order chi connectivity index (χ0) is 14.3. The average Bonchev–Trinajstić information content (AvgIpc) is 2.84. The van der Waals surface area contributed by atoms with E-state index in [1.54, 1.807) is 0 Å². The SMILES string of the molecule is CCN1CCC(CNC(=O)NCC(OC)C(=O)O)C1. The highest BCUT2D eigenvalue weighted by Gasteiger charge is 2.22. The Morgan fingerprint density at radius 1 is 1.47 bits per heavy atom. The highest BCUT2D eigenvalue weighted by atomic mass is 16.5. The second-order valence-corrected chi connectivity index (χ2v) is 4.70. The molecule has 0 aromatic carbocycles. The number of carboxylic acids is 1. The van der Waals surface area contributed by atoms with Crippen LogP contribution in [-0.4, -0.2) is 67.9 Å². The van der Waals surface area contributed by atoms with Crippen molar-refractivity contribution in [3.8, 4) is 0 Å². The molecule has 110 valence electrons. The number of likely N-dealkylation sites (tertiary alicyclic amines) is 1. The molecule has 2 amide bonds. The van der Waals surface area contributed by atoms with Crippen molar-refractivity contribution in [1.29, 1.82) is 0 Å². The Labute approximate surface area is 113 Å². The number of carbonyl (C=O) groups is 2. The van der Waals surface area contributed by atoms with Crippen molar-refractivity contribution in [2.45, 2.75) is 19.4 Å². The van der Waals surface area contributed by atoms with E-state index in [0.29, 0.717) is 12.5 Å². The van der Waals surface area contributed by atoms with E-state index in [4.69, 9.17) is 9.84 Å². The number of rotatable bonds is 7. The highest BCUT2D eigenvalue weighted by molar-refractivity contribution is 5.76. The van der Waals surface area contributed by atoms with E-state index in [9.17, 15) is 9.59 Å². The van der Waals surface area contributed by atoms with Crippen LogP contribution in [0.15, 0.2) is 0 Å². The van der Waals surface area contributed by atoms with Crippen LogP contribution >= 0.6 is 0 Å². The molecule has 1 saturated heterocycles. The molecule has 1 heterocycles. The van der Waals surface area contributed by atoms with Crippen molar-refractivity contribution in [2.24, 2.45) is 5.92 Å². The maximum Gasteiger partial charge on any atom is 0.334 e. The third kappa shape index (κ3) is 5.44. The fraction of sp³-hybridized carbons (Fsp3) is 0.833. The minimum atomic E-state index is -1.09. The Bertz CT molecular complexity index is 311. The van der Waals surface area contributed by atoms with Crippen LogP contribution in [0.1, 0.15) is 13.3 Å². The smallest absolute Gasteiger partial charge is 0.334 e. The summed E-state index contributed by atoms with van der Waals surface area (Å²) in [6, 6.07) is -0.349. The van der Waals surface area contributed by atoms with Crippen molar-refractivity contribution in [2.75, 3.05) is 39.8 Å². The van der Waals surface area contributed by atoms with Gasteiger partial charge in [0.05, 0.1) is 6.54 Å². The molecular weight excluding hydrogens is 250 g/mol. The number of hydrogen-bond acceptors (Lipinski definition) is 4. The summed E-state index contributed by atoms with van der Waals surface area (Å²) in [5.41, 5.74) is 0. The lowest BCUT2D eigenvalue weighted by atomic mass is 10.1. The number of nitrogens with one attached hydrogen (secondary N) is 2. The summed E-state index contributed by atoms with van der Waals surface area (Å²) < 4.78 is 4.72. The quantitative estimate of drug-likeness (QED) is 0.594. The molecule has 1 aliphatic rings. The molecule has 0 radical (unpaired) electrons. The first kappa shape index (κ1) is 15.7. The summed E-state index contributed by atoms with van der Waals surface area (Å²) in [4.78, 5) is 24.5. The first-order valence-electron chi connectivity index (χ1n) is 6.56. The van der Waals surface area contributed by atoms with Crippen molar-refractivity contribution in [3.63, 3.8) is 0 Å². The van der Waals surface area contributed by atoms with Gasteiger partial charge in [-0.2, -0.15) is 0 Å². The maximum atomic E-state index is 11.5. The van der Waals surface area contributed by atoms with E-state index < -0.39 is 12.1 Å². The Balaban J connectivity index is 2.16. The third-order valence-electron chi connectivity index (χ3n) is 3.38. The summed E-state index contributed by atoms with van der Waals surface area (Å²) in [5, 5.41) is 14.0. The van der Waals surface area contributed by atoms with Gasteiger partial charge in [-0.15, -0.1) is 0 Å². The van der Waals surface area contributed by atoms with Gasteiger partial charge in [0.1, 0.15) is 0 Å². The van der Waals surface area contributed by atoms with Crippen molar-refractivity contribution >= 4 is 12.0 Å². The fourth-order valence-corrected chi connectivity index (χ4v) is 2.12. The Hall–Kier alpha value is -1.34. The molecule has 7 nitrogen and oxygen atoms in total. The van der Waals surface area contributed by atoms with Gasteiger partial charge in [0.2, 0.25) is 0 Å². The summed E-state index contributed by atoms with van der Waals surface area (Å²) in [5.74, 6) is -0.611. The van der Waals surface area contributed by atoms with Crippen LogP contribution in [0.3, 0.4) is 0 Å². The van der Waals surface area contributed by atoms with E-state index in [1.165, 1.54) is 7.11 Å². The summed E-state index contributed by atoms with van der Waals surface area (Å²) in [7, 11) is 1.30. The van der Waals surface area contributed by atoms with Crippen LogP contribution in [0.4, 0.5) is 4.79 Å². The van der Waals surface area contributed by atoms with Gasteiger partial charge >= 0.3 is 12.0 Å². The van der Waals surface area contributed by atoms with Gasteiger partial charge in [0.15, 0.2) is 6.10 Å². The van der Waals surface area contributed by atoms with E-state index in [-0.39, 0.29) is 12.6 Å². The maximum absolute atomic E-state index is 11.5. The van der Waals surface area contributed by atoms with E-state index in [0.717, 1.165) is 26.1 Å². The molecule has 3 N–H and O–H groups in total. The zero-order valence-corrected chi connectivity index (χ0v) is 11.5. The van der Waals surface area contributed by atoms with Crippen molar-refractivity contribution in [1.82, 2.24) is 15.5 Å². The predicted octanol–water partition coefficient (Wildman–Crippen LogP) is -0.273. The molecule has 0 aliphatic carbocycles. The summed E-state index contributed by atoms with van der Waals surface area (Å²) >= 11 is 0. The van der Waals surface area contributed by atoms with Crippen LogP contribution in [0.2, 0.25) is 0 Å². The summed E-state index contributed by atoms with van der Waals surface area (Å²) in [6.07, 6.45) is 0.0806. The molecule has 19 heavy (non-hydrogen) atoms. The molecule has 1 aliphatic heterocycles. The van der Waals surface area contributed by atoms with Crippen LogP contribution in [0.25, 0.3) is 0 Å². The minimum absolute atomic E-state index is 0.0383. The Kier molecular flexibility index (Phi) is 6.58. The first-order chi connectivity index (χ1) is 9.06. The second kappa shape index (κ2) is 7.96. The highest BCUT2D eigenvalue weighted by Crippen LogP contribution is 2.14. The fourth-order valence-electron chi connectivity index (χ4n) is 2.12. The van der Waals surface area contributed by atoms with E-state index >= 15 is 0 Å². The molecule has 0 saturated carbocycles. The normalized spacial score (nSPS) is 21.1. The number of methoxy groups -OCH3 is 1. The monoisotopic (exact) mass is 273 g/mol. The van der Waals surface area contributed by atoms with Gasteiger partial charge in [0.25, 0.3) is 0 Å². The topological polar surface area (TPSA) is 90.9 Å².